The third-order valence-electron chi connectivity index (χ3n) is 6.96. The molecule has 11 nitrogen and oxygen atoms in total. The Balaban J connectivity index is 1.24. The van der Waals surface area contributed by atoms with Gasteiger partial charge in [0.05, 0.1) is 17.2 Å². The van der Waals surface area contributed by atoms with Gasteiger partial charge in [0.25, 0.3) is 11.8 Å². The van der Waals surface area contributed by atoms with E-state index in [1.54, 1.807) is 12.1 Å². The predicted molar refractivity (Wildman–Crippen MR) is 125 cm³/mol. The average Bonchev–Trinajstić information content (AvgIpc) is 3.38. The number of hydrogen-bond donors (Lipinski definition) is 3. The van der Waals surface area contributed by atoms with Crippen LogP contribution in [0.2, 0.25) is 0 Å². The lowest BCUT2D eigenvalue weighted by Gasteiger charge is -2.35. The number of hydrogen-bond acceptors (Lipinski definition) is 8. The fourth-order valence-corrected chi connectivity index (χ4v) is 5.14. The monoisotopic (exact) mass is 479 g/mol. The minimum Gasteiger partial charge on any atom is -0.337 e. The molecule has 11 heteroatoms. The van der Waals surface area contributed by atoms with Crippen molar-refractivity contribution in [2.45, 2.75) is 31.5 Å². The van der Waals surface area contributed by atoms with Crippen LogP contribution in [-0.2, 0) is 23.2 Å². The molecule has 3 aliphatic rings. The van der Waals surface area contributed by atoms with Crippen molar-refractivity contribution in [1.29, 1.82) is 0 Å². The second kappa shape index (κ2) is 9.68. The summed E-state index contributed by atoms with van der Waals surface area (Å²) in [6.45, 7) is 4.59. The predicted octanol–water partition coefficient (Wildman–Crippen LogP) is -0.443. The van der Waals surface area contributed by atoms with Crippen LogP contribution in [0.4, 0.5) is 0 Å². The lowest BCUT2D eigenvalue weighted by molar-refractivity contribution is -0.136. The van der Waals surface area contributed by atoms with Gasteiger partial charge in [0.2, 0.25) is 11.8 Å². The van der Waals surface area contributed by atoms with Crippen LogP contribution >= 0.6 is 0 Å². The van der Waals surface area contributed by atoms with E-state index in [-0.39, 0.29) is 24.8 Å². The highest BCUT2D eigenvalue weighted by molar-refractivity contribution is 6.24. The lowest BCUT2D eigenvalue weighted by Crippen LogP contribution is -2.54. The van der Waals surface area contributed by atoms with Crippen molar-refractivity contribution in [2.75, 3.05) is 32.7 Å². The number of piperidine rings is 1. The van der Waals surface area contributed by atoms with Gasteiger partial charge < -0.3 is 15.2 Å². The van der Waals surface area contributed by atoms with Gasteiger partial charge in [-0.05, 0) is 18.1 Å². The van der Waals surface area contributed by atoms with Crippen LogP contribution in [0.5, 0.6) is 0 Å². The number of imide groups is 2. The fourth-order valence-electron chi connectivity index (χ4n) is 5.14. The summed E-state index contributed by atoms with van der Waals surface area (Å²) in [5.74, 6) is -0.930. The highest BCUT2D eigenvalue weighted by atomic mass is 16.2. The minimum atomic E-state index is -0.961. The number of nitrogens with one attached hydrogen (secondary N) is 3. The molecule has 4 amide bonds. The standard InChI is InChI=1S/C24H29N7O4/c1-29-10-9-27-21(29)18-14-26-8-12-30(18)11-7-25-13-15-3-2-4-16-20(15)24(35)31(23(16)34)17-5-6-19(32)28-22(17)33/h2-4,9-10,17-18,25-26H,5-8,11-14H2,1H3,(H,28,32,33). The maximum atomic E-state index is 13.2. The third kappa shape index (κ3) is 4.38. The zero-order valence-electron chi connectivity index (χ0n) is 19.6. The summed E-state index contributed by atoms with van der Waals surface area (Å²) in [5.41, 5.74) is 1.36. The smallest absolute Gasteiger partial charge is 0.262 e. The van der Waals surface area contributed by atoms with Crippen LogP contribution in [-0.4, -0.2) is 81.7 Å². The number of carbonyl (C=O) groups is 4. The van der Waals surface area contributed by atoms with E-state index in [1.165, 1.54) is 0 Å². The van der Waals surface area contributed by atoms with E-state index in [9.17, 15) is 19.2 Å². The summed E-state index contributed by atoms with van der Waals surface area (Å²) in [6.07, 6.45) is 4.01. The molecule has 2 fully saturated rings. The molecule has 0 radical (unpaired) electrons. The van der Waals surface area contributed by atoms with Gasteiger partial charge in [-0.1, -0.05) is 12.1 Å². The number of imidazole rings is 1. The maximum absolute atomic E-state index is 13.2. The van der Waals surface area contributed by atoms with Crippen LogP contribution < -0.4 is 16.0 Å². The Morgan fingerprint density at radius 2 is 2.00 bits per heavy atom. The van der Waals surface area contributed by atoms with Gasteiger partial charge in [0.15, 0.2) is 0 Å². The van der Waals surface area contributed by atoms with E-state index in [2.05, 4.69) is 25.8 Å². The van der Waals surface area contributed by atoms with Gasteiger partial charge in [-0.25, -0.2) is 4.98 Å². The van der Waals surface area contributed by atoms with Crippen LogP contribution in [0.25, 0.3) is 0 Å². The Hall–Kier alpha value is -3.41. The molecule has 2 atom stereocenters. The Bertz CT molecular complexity index is 1180. The first-order valence-electron chi connectivity index (χ1n) is 11.9. The first-order valence-corrected chi connectivity index (χ1v) is 11.9. The number of piperazine rings is 1. The summed E-state index contributed by atoms with van der Waals surface area (Å²) in [6, 6.07) is 4.42. The minimum absolute atomic E-state index is 0.101. The largest absolute Gasteiger partial charge is 0.337 e. The summed E-state index contributed by atoms with van der Waals surface area (Å²) in [7, 11) is 2.00. The van der Waals surface area contributed by atoms with Crippen molar-refractivity contribution in [1.82, 2.24) is 35.3 Å². The fraction of sp³-hybridized carbons (Fsp3) is 0.458. The zero-order valence-corrected chi connectivity index (χ0v) is 19.6. The van der Waals surface area contributed by atoms with Gasteiger partial charge in [0.1, 0.15) is 11.9 Å². The molecule has 3 N–H and O–H groups in total. The van der Waals surface area contributed by atoms with E-state index in [1.807, 2.05) is 30.1 Å². The molecule has 2 saturated heterocycles. The SMILES string of the molecule is Cn1ccnc1C1CNCCN1CCNCc1cccc2c1C(=O)N(C1CCC(=O)NC1=O)C2=O. The number of carbonyl (C=O) groups excluding carboxylic acids is 4. The molecule has 3 aliphatic heterocycles. The maximum Gasteiger partial charge on any atom is 0.262 e. The van der Waals surface area contributed by atoms with E-state index in [4.69, 9.17) is 0 Å². The van der Waals surface area contributed by atoms with Gasteiger partial charge in [0, 0.05) is 65.1 Å². The summed E-state index contributed by atoms with van der Waals surface area (Å²) < 4.78 is 2.04. The molecule has 1 aromatic heterocycles. The van der Waals surface area contributed by atoms with Crippen molar-refractivity contribution in [3.8, 4) is 0 Å². The second-order valence-corrected chi connectivity index (χ2v) is 9.12. The van der Waals surface area contributed by atoms with Gasteiger partial charge in [-0.15, -0.1) is 0 Å². The number of amides is 4. The Kier molecular flexibility index (Phi) is 6.46. The molecule has 2 aromatic rings. The first-order chi connectivity index (χ1) is 17.0. The molecule has 0 spiro atoms. The molecule has 0 bridgehead atoms. The van der Waals surface area contributed by atoms with E-state index < -0.39 is 23.8 Å². The molecule has 2 unspecified atom stereocenters. The van der Waals surface area contributed by atoms with Crippen LogP contribution in [0.1, 0.15) is 51.0 Å². The van der Waals surface area contributed by atoms with Crippen LogP contribution in [0, 0.1) is 0 Å². The highest BCUT2D eigenvalue weighted by Crippen LogP contribution is 2.30. The zero-order chi connectivity index (χ0) is 24.5. The molecule has 0 aliphatic carbocycles. The second-order valence-electron chi connectivity index (χ2n) is 9.12. The summed E-state index contributed by atoms with van der Waals surface area (Å²) in [4.78, 5) is 57.9. The quantitative estimate of drug-likeness (QED) is 0.360. The number of aryl methyl sites for hydroxylation is 1. The van der Waals surface area contributed by atoms with Crippen molar-refractivity contribution < 1.29 is 19.2 Å². The molecular weight excluding hydrogens is 450 g/mol. The number of aromatic nitrogens is 2. The highest BCUT2D eigenvalue weighted by Gasteiger charge is 2.45. The van der Waals surface area contributed by atoms with Gasteiger partial charge in [-0.3, -0.25) is 34.3 Å². The molecule has 0 saturated carbocycles. The normalized spacial score (nSPS) is 23.1. The summed E-state index contributed by atoms with van der Waals surface area (Å²) >= 11 is 0. The Labute approximate surface area is 202 Å². The van der Waals surface area contributed by atoms with E-state index in [0.29, 0.717) is 24.2 Å². The van der Waals surface area contributed by atoms with E-state index in [0.717, 1.165) is 42.5 Å². The number of fused-ring (bicyclic) bond motifs is 1. The molecule has 4 heterocycles. The molecule has 184 valence electrons. The first kappa shape index (κ1) is 23.3. The molecular formula is C24H29N7O4. The number of rotatable bonds is 7. The molecule has 1 aromatic carbocycles. The molecule has 5 rings (SSSR count). The lowest BCUT2D eigenvalue weighted by atomic mass is 10.0. The van der Waals surface area contributed by atoms with E-state index >= 15 is 0 Å². The number of nitrogens with zero attached hydrogens (tertiary/aromatic N) is 4. The third-order valence-corrected chi connectivity index (χ3v) is 6.96. The van der Waals surface area contributed by atoms with Crippen molar-refractivity contribution >= 4 is 23.6 Å². The van der Waals surface area contributed by atoms with Crippen molar-refractivity contribution in [2.24, 2.45) is 7.05 Å². The van der Waals surface area contributed by atoms with Crippen LogP contribution in [0.15, 0.2) is 30.6 Å². The topological polar surface area (TPSA) is 129 Å². The van der Waals surface area contributed by atoms with Gasteiger partial charge >= 0.3 is 0 Å². The van der Waals surface area contributed by atoms with Crippen molar-refractivity contribution in [3.05, 3.63) is 53.1 Å². The van der Waals surface area contributed by atoms with Crippen LogP contribution in [0.3, 0.4) is 0 Å². The Morgan fingerprint density at radius 1 is 1.14 bits per heavy atom. The number of benzene rings is 1. The average molecular weight is 480 g/mol. The summed E-state index contributed by atoms with van der Waals surface area (Å²) in [5, 5.41) is 9.07. The van der Waals surface area contributed by atoms with Gasteiger partial charge in [-0.2, -0.15) is 0 Å². The Morgan fingerprint density at radius 3 is 2.77 bits per heavy atom. The van der Waals surface area contributed by atoms with Crippen molar-refractivity contribution in [3.63, 3.8) is 0 Å². The molecule has 35 heavy (non-hydrogen) atoms.